The second-order valence-corrected chi connectivity index (χ2v) is 14.4. The zero-order chi connectivity index (χ0) is 34.0. The van der Waals surface area contributed by atoms with Crippen molar-refractivity contribution in [3.8, 4) is 56.0 Å². The summed E-state index contributed by atoms with van der Waals surface area (Å²) in [6.45, 7) is 18.5. The summed E-state index contributed by atoms with van der Waals surface area (Å²) in [7, 11) is 6.68. The molecule has 0 amide bonds. The Kier molecular flexibility index (Phi) is 10.6. The quantitative estimate of drug-likeness (QED) is 0.141. The summed E-state index contributed by atoms with van der Waals surface area (Å²) in [5.41, 5.74) is 15.4. The zero-order valence-electron chi connectivity index (χ0n) is 29.9. The van der Waals surface area contributed by atoms with E-state index in [2.05, 4.69) is 143 Å². The van der Waals surface area contributed by atoms with Crippen LogP contribution in [-0.2, 0) is 0 Å². The summed E-state index contributed by atoms with van der Waals surface area (Å²) in [4.78, 5) is 0. The third kappa shape index (κ3) is 6.77. The smallest absolute Gasteiger partial charge is 0.126 e. The highest BCUT2D eigenvalue weighted by molar-refractivity contribution is 7.28. The van der Waals surface area contributed by atoms with E-state index in [1.165, 1.54) is 60.9 Å². The van der Waals surface area contributed by atoms with Gasteiger partial charge in [0.05, 0.1) is 14.2 Å². The molecular formula is C44H51O2P. The Morgan fingerprint density at radius 2 is 0.723 bits per heavy atom. The fraction of sp³-hybridized carbons (Fsp3) is 0.318. The Balaban J connectivity index is 1.80. The van der Waals surface area contributed by atoms with Gasteiger partial charge in [0.25, 0.3) is 0 Å². The minimum Gasteiger partial charge on any atom is -0.496 e. The molecule has 5 rings (SSSR count). The molecule has 5 aromatic carbocycles. The first-order valence-corrected chi connectivity index (χ1v) is 17.6. The Hall–Kier alpha value is -3.87. The first kappa shape index (κ1) is 34.5. The first-order chi connectivity index (χ1) is 22.5. The molecule has 0 aromatic heterocycles. The number of hydrogen-bond donors (Lipinski definition) is 0. The van der Waals surface area contributed by atoms with Crippen LogP contribution in [0.4, 0.5) is 0 Å². The predicted molar refractivity (Wildman–Crippen MR) is 207 cm³/mol. The van der Waals surface area contributed by atoms with Gasteiger partial charge in [-0.1, -0.05) is 134 Å². The largest absolute Gasteiger partial charge is 0.496 e. The van der Waals surface area contributed by atoms with Gasteiger partial charge in [0.15, 0.2) is 0 Å². The van der Waals surface area contributed by atoms with E-state index in [9.17, 15) is 0 Å². The van der Waals surface area contributed by atoms with E-state index in [1.54, 1.807) is 14.2 Å². The maximum atomic E-state index is 5.80. The Morgan fingerprint density at radius 1 is 0.426 bits per heavy atom. The summed E-state index contributed by atoms with van der Waals surface area (Å²) in [6.07, 6.45) is 0. The first-order valence-electron chi connectivity index (χ1n) is 17.0. The molecule has 0 aliphatic heterocycles. The number of methoxy groups -OCH3 is 2. The topological polar surface area (TPSA) is 18.5 Å². The van der Waals surface area contributed by atoms with E-state index in [0.29, 0.717) is 23.7 Å². The van der Waals surface area contributed by atoms with Crippen LogP contribution in [-0.4, -0.2) is 14.2 Å². The second kappa shape index (κ2) is 14.5. The molecule has 0 saturated carbocycles. The lowest BCUT2D eigenvalue weighted by Gasteiger charge is -2.27. The number of ether oxygens (including phenoxy) is 2. The van der Waals surface area contributed by atoms with Crippen LogP contribution in [0, 0.1) is 0 Å². The highest BCUT2D eigenvalue weighted by Gasteiger charge is 2.25. The summed E-state index contributed by atoms with van der Waals surface area (Å²) in [5.74, 6) is 3.14. The van der Waals surface area contributed by atoms with E-state index in [4.69, 9.17) is 9.47 Å². The zero-order valence-corrected chi connectivity index (χ0v) is 31.0. The molecule has 47 heavy (non-hydrogen) atoms. The van der Waals surface area contributed by atoms with E-state index >= 15 is 0 Å². The molecule has 2 nitrogen and oxygen atoms in total. The predicted octanol–water partition coefficient (Wildman–Crippen LogP) is 12.4. The van der Waals surface area contributed by atoms with Crippen molar-refractivity contribution in [3.63, 3.8) is 0 Å². The molecule has 0 heterocycles. The number of benzene rings is 5. The summed E-state index contributed by atoms with van der Waals surface area (Å²) < 4.78 is 11.6. The Labute approximate surface area is 285 Å². The highest BCUT2D eigenvalue weighted by atomic mass is 31.0. The average Bonchev–Trinajstić information content (AvgIpc) is 3.07. The summed E-state index contributed by atoms with van der Waals surface area (Å²) in [6, 6.07) is 33.1. The molecule has 3 heteroatoms. The Bertz CT molecular complexity index is 1690. The van der Waals surface area contributed by atoms with Gasteiger partial charge in [-0.25, -0.2) is 0 Å². The van der Waals surface area contributed by atoms with Crippen molar-refractivity contribution in [1.82, 2.24) is 0 Å². The standard InChI is InChI=1S/C44H51O2P/c1-26(2)36-22-30(32-16-11-13-20-40(32)45-9)23-37(27(3)4)42(36)34-18-15-19-35(44(34)47)43-38(28(5)6)24-31(25-39(43)29(7)8)33-17-12-14-21-41(33)46-10/h11-29H,47H2,1-10H3. The SMILES string of the molecule is COc1ccccc1-c1cc(C(C)C)c(-c2cccc(-c3c(C(C)C)cc(-c4ccccc4OC)cc3C(C)C)c2P)c(C(C)C)c1. The second-order valence-electron chi connectivity index (χ2n) is 13.8. The summed E-state index contributed by atoms with van der Waals surface area (Å²) in [5, 5.41) is 1.25. The van der Waals surface area contributed by atoms with Crippen LogP contribution >= 0.6 is 9.24 Å². The van der Waals surface area contributed by atoms with Crippen molar-refractivity contribution >= 4 is 14.5 Å². The fourth-order valence-electron chi connectivity index (χ4n) is 6.90. The van der Waals surface area contributed by atoms with E-state index in [0.717, 1.165) is 22.6 Å². The van der Waals surface area contributed by atoms with Gasteiger partial charge in [0.1, 0.15) is 11.5 Å². The van der Waals surface area contributed by atoms with Gasteiger partial charge >= 0.3 is 0 Å². The molecule has 0 fully saturated rings. The normalized spacial score (nSPS) is 11.6. The van der Waals surface area contributed by atoms with Crippen molar-refractivity contribution in [1.29, 1.82) is 0 Å². The monoisotopic (exact) mass is 642 g/mol. The van der Waals surface area contributed by atoms with Crippen molar-refractivity contribution in [2.24, 2.45) is 0 Å². The molecule has 244 valence electrons. The lowest BCUT2D eigenvalue weighted by molar-refractivity contribution is 0.416. The fourth-order valence-corrected chi connectivity index (χ4v) is 7.38. The molecular weight excluding hydrogens is 591 g/mol. The van der Waals surface area contributed by atoms with Crippen molar-refractivity contribution < 1.29 is 9.47 Å². The molecule has 5 aromatic rings. The molecule has 0 spiro atoms. The van der Waals surface area contributed by atoms with Gasteiger partial charge in [0.2, 0.25) is 0 Å². The number of hydrogen-bond acceptors (Lipinski definition) is 2. The maximum absolute atomic E-state index is 5.80. The molecule has 0 aliphatic rings. The minimum atomic E-state index is 0.336. The third-order valence-corrected chi connectivity index (χ3v) is 9.99. The van der Waals surface area contributed by atoms with Crippen molar-refractivity contribution in [2.45, 2.75) is 79.1 Å². The molecule has 1 unspecified atom stereocenters. The van der Waals surface area contributed by atoms with Gasteiger partial charge < -0.3 is 9.47 Å². The third-order valence-electron chi connectivity index (χ3n) is 9.37. The van der Waals surface area contributed by atoms with Crippen molar-refractivity contribution in [2.75, 3.05) is 14.2 Å². The van der Waals surface area contributed by atoms with Crippen LogP contribution < -0.4 is 14.8 Å². The van der Waals surface area contributed by atoms with Crippen molar-refractivity contribution in [3.05, 3.63) is 113 Å². The number of rotatable bonds is 10. The van der Waals surface area contributed by atoms with Crippen LogP contribution in [0.2, 0.25) is 0 Å². The van der Waals surface area contributed by atoms with Crippen LogP contribution in [0.25, 0.3) is 44.5 Å². The lowest BCUT2D eigenvalue weighted by atomic mass is 9.79. The van der Waals surface area contributed by atoms with Crippen LogP contribution in [0.3, 0.4) is 0 Å². The average molecular weight is 643 g/mol. The molecule has 0 bridgehead atoms. The van der Waals surface area contributed by atoms with Gasteiger partial charge in [-0.05, 0) is 96.7 Å². The number of para-hydroxylation sites is 2. The maximum Gasteiger partial charge on any atom is 0.126 e. The van der Waals surface area contributed by atoms with Crippen LogP contribution in [0.1, 0.15) is 101 Å². The molecule has 0 aliphatic carbocycles. The summed E-state index contributed by atoms with van der Waals surface area (Å²) >= 11 is 0. The van der Waals surface area contributed by atoms with Gasteiger partial charge in [-0.2, -0.15) is 0 Å². The molecule has 1 atom stereocenters. The van der Waals surface area contributed by atoms with E-state index in [-0.39, 0.29) is 0 Å². The van der Waals surface area contributed by atoms with Crippen LogP contribution in [0.5, 0.6) is 11.5 Å². The van der Waals surface area contributed by atoms with E-state index < -0.39 is 0 Å². The molecule has 0 saturated heterocycles. The van der Waals surface area contributed by atoms with Gasteiger partial charge in [-0.3, -0.25) is 0 Å². The highest BCUT2D eigenvalue weighted by Crippen LogP contribution is 2.45. The van der Waals surface area contributed by atoms with E-state index in [1.807, 2.05) is 12.1 Å². The molecule has 0 radical (unpaired) electrons. The molecule has 0 N–H and O–H groups in total. The lowest BCUT2D eigenvalue weighted by Crippen LogP contribution is -2.11. The minimum absolute atomic E-state index is 0.336. The van der Waals surface area contributed by atoms with Crippen LogP contribution in [0.15, 0.2) is 91.0 Å². The Morgan fingerprint density at radius 3 is 1.02 bits per heavy atom. The van der Waals surface area contributed by atoms with Gasteiger partial charge in [-0.15, -0.1) is 9.24 Å². The van der Waals surface area contributed by atoms with Gasteiger partial charge in [0, 0.05) is 11.1 Å².